The lowest BCUT2D eigenvalue weighted by molar-refractivity contribution is 0.418. The van der Waals surface area contributed by atoms with Gasteiger partial charge in [0, 0.05) is 27.2 Å². The van der Waals surface area contributed by atoms with Gasteiger partial charge in [-0.2, -0.15) is 0 Å². The lowest BCUT2D eigenvalue weighted by atomic mass is 9.75. The predicted molar refractivity (Wildman–Crippen MR) is 129 cm³/mol. The minimum atomic E-state index is -3.15. The number of fused-ring (bicyclic) bond motifs is 2. The van der Waals surface area contributed by atoms with Crippen LogP contribution >= 0.6 is 7.14 Å². The van der Waals surface area contributed by atoms with Crippen LogP contribution in [0.15, 0.2) is 97.1 Å². The van der Waals surface area contributed by atoms with E-state index in [1.54, 1.807) is 0 Å². The fourth-order valence-corrected chi connectivity index (χ4v) is 7.39. The van der Waals surface area contributed by atoms with Crippen LogP contribution in [0.5, 0.6) is 11.5 Å². The molecule has 154 valence electrons. The van der Waals surface area contributed by atoms with Crippen LogP contribution in [-0.2, 0) is 9.98 Å². The van der Waals surface area contributed by atoms with E-state index in [9.17, 15) is 0 Å². The van der Waals surface area contributed by atoms with E-state index in [-0.39, 0.29) is 5.41 Å². The molecule has 1 heterocycles. The Morgan fingerprint density at radius 3 is 1.74 bits per heavy atom. The zero-order chi connectivity index (χ0) is 21.6. The summed E-state index contributed by atoms with van der Waals surface area (Å²) >= 11 is 0. The van der Waals surface area contributed by atoms with E-state index < -0.39 is 7.14 Å². The molecule has 0 bridgehead atoms. The number of aryl methyl sites for hydroxylation is 1. The van der Waals surface area contributed by atoms with Gasteiger partial charge in [0.1, 0.15) is 11.5 Å². The molecule has 1 aliphatic heterocycles. The van der Waals surface area contributed by atoms with E-state index in [0.717, 1.165) is 44.1 Å². The molecular weight excluding hydrogens is 399 g/mol. The number of ether oxygens (including phenoxy) is 1. The third-order valence-corrected chi connectivity index (χ3v) is 9.42. The Bertz CT molecular complexity index is 1260. The van der Waals surface area contributed by atoms with E-state index in [1.165, 1.54) is 0 Å². The highest BCUT2D eigenvalue weighted by Crippen LogP contribution is 2.53. The summed E-state index contributed by atoms with van der Waals surface area (Å²) in [4.78, 5) is 0. The molecule has 4 aromatic rings. The van der Waals surface area contributed by atoms with Crippen molar-refractivity contribution in [3.63, 3.8) is 0 Å². The van der Waals surface area contributed by atoms with Gasteiger partial charge in [-0.25, -0.2) is 0 Å². The predicted octanol–water partition coefficient (Wildman–Crippen LogP) is 6.07. The second kappa shape index (κ2) is 7.25. The summed E-state index contributed by atoms with van der Waals surface area (Å²) < 4.78 is 21.6. The average Bonchev–Trinajstić information content (AvgIpc) is 2.80. The van der Waals surface area contributed by atoms with Gasteiger partial charge in [-0.15, -0.1) is 0 Å². The summed E-state index contributed by atoms with van der Waals surface area (Å²) in [6.45, 7) is 6.50. The molecule has 0 saturated heterocycles. The van der Waals surface area contributed by atoms with Crippen LogP contribution in [0.1, 0.15) is 30.5 Å². The normalized spacial score (nSPS) is 14.3. The van der Waals surface area contributed by atoms with Crippen molar-refractivity contribution >= 4 is 23.1 Å². The standard InChI is InChI=1S/C28H25O2P/c1-20-12-10-17-23-26(20)30-27-24(28(23,2)3)18-11-19-25(27)31(29,21-13-6-4-7-14-21)22-15-8-5-9-16-22/h4-19H,1-3H3. The highest BCUT2D eigenvalue weighted by Gasteiger charge is 2.40. The summed E-state index contributed by atoms with van der Waals surface area (Å²) in [5.74, 6) is 1.60. The minimum Gasteiger partial charge on any atom is -0.456 e. The molecule has 0 unspecified atom stereocenters. The molecule has 0 aromatic heterocycles. The van der Waals surface area contributed by atoms with E-state index in [4.69, 9.17) is 4.74 Å². The molecule has 2 nitrogen and oxygen atoms in total. The Labute approximate surface area is 183 Å². The van der Waals surface area contributed by atoms with E-state index in [2.05, 4.69) is 45.0 Å². The molecule has 4 aromatic carbocycles. The van der Waals surface area contributed by atoms with Crippen LogP contribution in [-0.4, -0.2) is 0 Å². The fraction of sp³-hybridized carbons (Fsp3) is 0.143. The SMILES string of the molecule is Cc1cccc2c1Oc1c(cccc1P(=O)(c1ccccc1)c1ccccc1)C2(C)C. The third kappa shape index (κ3) is 2.98. The first-order chi connectivity index (χ1) is 14.9. The number of benzene rings is 4. The summed E-state index contributed by atoms with van der Waals surface area (Å²) in [5.41, 5.74) is 3.05. The van der Waals surface area contributed by atoms with Gasteiger partial charge in [0.25, 0.3) is 0 Å². The first-order valence-electron chi connectivity index (χ1n) is 10.6. The number of para-hydroxylation sites is 2. The molecule has 31 heavy (non-hydrogen) atoms. The molecule has 0 saturated carbocycles. The van der Waals surface area contributed by atoms with E-state index >= 15 is 4.57 Å². The summed E-state index contributed by atoms with van der Waals surface area (Å²) in [5, 5.41) is 2.38. The Morgan fingerprint density at radius 2 is 1.16 bits per heavy atom. The van der Waals surface area contributed by atoms with Crippen LogP contribution in [0, 0.1) is 6.92 Å². The van der Waals surface area contributed by atoms with Gasteiger partial charge >= 0.3 is 0 Å². The Balaban J connectivity index is 1.83. The smallest absolute Gasteiger partial charge is 0.174 e. The molecule has 0 fully saturated rings. The zero-order valence-electron chi connectivity index (χ0n) is 18.0. The quantitative estimate of drug-likeness (QED) is 0.373. The molecule has 5 rings (SSSR count). The monoisotopic (exact) mass is 424 g/mol. The van der Waals surface area contributed by atoms with Crippen LogP contribution in [0.4, 0.5) is 0 Å². The van der Waals surface area contributed by atoms with Crippen LogP contribution < -0.4 is 20.7 Å². The summed E-state index contributed by atoms with van der Waals surface area (Å²) in [6.07, 6.45) is 0. The lowest BCUT2D eigenvalue weighted by Crippen LogP contribution is -2.31. The molecule has 3 heteroatoms. The van der Waals surface area contributed by atoms with Gasteiger partial charge in [0.05, 0.1) is 5.30 Å². The number of hydrogen-bond donors (Lipinski definition) is 0. The topological polar surface area (TPSA) is 26.3 Å². The van der Waals surface area contributed by atoms with Gasteiger partial charge in [0.2, 0.25) is 0 Å². The molecule has 1 aliphatic rings. The van der Waals surface area contributed by atoms with Crippen molar-refractivity contribution < 1.29 is 9.30 Å². The number of rotatable bonds is 3. The Hall–Kier alpha value is -3.09. The van der Waals surface area contributed by atoms with Crippen molar-refractivity contribution in [2.75, 3.05) is 0 Å². The second-order valence-electron chi connectivity index (χ2n) is 8.61. The van der Waals surface area contributed by atoms with Crippen molar-refractivity contribution in [3.8, 4) is 11.5 Å². The third-order valence-electron chi connectivity index (χ3n) is 6.34. The van der Waals surface area contributed by atoms with Crippen LogP contribution in [0.25, 0.3) is 0 Å². The molecule has 0 spiro atoms. The van der Waals surface area contributed by atoms with E-state index in [0.29, 0.717) is 0 Å². The molecule has 0 atom stereocenters. The second-order valence-corrected chi connectivity index (χ2v) is 11.3. The molecule has 0 N–H and O–H groups in total. The summed E-state index contributed by atoms with van der Waals surface area (Å²) in [6, 6.07) is 31.9. The first-order valence-corrected chi connectivity index (χ1v) is 12.3. The maximum absolute atomic E-state index is 15.0. The highest BCUT2D eigenvalue weighted by molar-refractivity contribution is 7.85. The zero-order valence-corrected chi connectivity index (χ0v) is 18.9. The largest absolute Gasteiger partial charge is 0.456 e. The van der Waals surface area contributed by atoms with Crippen molar-refractivity contribution in [2.45, 2.75) is 26.2 Å². The Morgan fingerprint density at radius 1 is 0.645 bits per heavy atom. The van der Waals surface area contributed by atoms with Gasteiger partial charge in [-0.3, -0.25) is 0 Å². The molecular formula is C28H25O2P. The number of hydrogen-bond acceptors (Lipinski definition) is 2. The van der Waals surface area contributed by atoms with Gasteiger partial charge in [0.15, 0.2) is 7.14 Å². The first kappa shape index (κ1) is 19.8. The van der Waals surface area contributed by atoms with Crippen molar-refractivity contribution in [1.82, 2.24) is 0 Å². The summed E-state index contributed by atoms with van der Waals surface area (Å²) in [7, 11) is -3.15. The maximum Gasteiger partial charge on any atom is 0.174 e. The van der Waals surface area contributed by atoms with Crippen LogP contribution in [0.2, 0.25) is 0 Å². The highest BCUT2D eigenvalue weighted by atomic mass is 31.2. The van der Waals surface area contributed by atoms with Crippen molar-refractivity contribution in [3.05, 3.63) is 114 Å². The average molecular weight is 424 g/mol. The van der Waals surface area contributed by atoms with Gasteiger partial charge in [-0.05, 0) is 18.6 Å². The van der Waals surface area contributed by atoms with Crippen molar-refractivity contribution in [2.24, 2.45) is 0 Å². The molecule has 0 radical (unpaired) electrons. The van der Waals surface area contributed by atoms with Gasteiger partial charge in [-0.1, -0.05) is 105 Å². The maximum atomic E-state index is 15.0. The molecule has 0 aliphatic carbocycles. The van der Waals surface area contributed by atoms with E-state index in [1.807, 2.05) is 72.8 Å². The van der Waals surface area contributed by atoms with Crippen LogP contribution in [0.3, 0.4) is 0 Å². The Kier molecular flexibility index (Phi) is 4.64. The lowest BCUT2D eigenvalue weighted by Gasteiger charge is -2.37. The van der Waals surface area contributed by atoms with Crippen molar-refractivity contribution in [1.29, 1.82) is 0 Å². The molecule has 0 amide bonds. The fourth-order valence-electron chi connectivity index (χ4n) is 4.60. The van der Waals surface area contributed by atoms with Gasteiger partial charge < -0.3 is 9.30 Å². The minimum absolute atomic E-state index is 0.261.